The Labute approximate surface area is 134 Å². The first-order chi connectivity index (χ1) is 10.3. The van der Waals surface area contributed by atoms with Gasteiger partial charge in [-0.25, -0.2) is 0 Å². The Balaban J connectivity index is 1.51. The summed E-state index contributed by atoms with van der Waals surface area (Å²) in [4.78, 5) is 1.44. The number of benzene rings is 1. The highest BCUT2D eigenvalue weighted by Gasteiger charge is 2.20. The van der Waals surface area contributed by atoms with E-state index in [4.69, 9.17) is 0 Å². The van der Waals surface area contributed by atoms with Crippen LogP contribution in [0.4, 0.5) is 5.69 Å². The first-order valence-corrected chi connectivity index (χ1v) is 9.72. The van der Waals surface area contributed by atoms with Crippen LogP contribution in [0.25, 0.3) is 0 Å². The lowest BCUT2D eigenvalue weighted by Gasteiger charge is -2.29. The van der Waals surface area contributed by atoms with E-state index >= 15 is 0 Å². The van der Waals surface area contributed by atoms with Gasteiger partial charge in [-0.15, -0.1) is 11.8 Å². The molecule has 2 aliphatic rings. The molecule has 2 saturated carbocycles. The zero-order valence-corrected chi connectivity index (χ0v) is 14.1. The average molecular weight is 304 g/mol. The molecule has 2 fully saturated rings. The SMILES string of the molecule is CC(Nc1ccc(SC2CCCC2)cc1)C1CCCCC1. The maximum atomic E-state index is 3.72. The summed E-state index contributed by atoms with van der Waals surface area (Å²) in [6.07, 6.45) is 12.8. The van der Waals surface area contributed by atoms with E-state index in [1.165, 1.54) is 68.4 Å². The molecule has 3 rings (SSSR count). The van der Waals surface area contributed by atoms with E-state index in [0.717, 1.165) is 11.2 Å². The van der Waals surface area contributed by atoms with Gasteiger partial charge >= 0.3 is 0 Å². The molecular weight excluding hydrogens is 274 g/mol. The second-order valence-corrected chi connectivity index (χ2v) is 8.25. The van der Waals surface area contributed by atoms with Gasteiger partial charge in [-0.3, -0.25) is 0 Å². The van der Waals surface area contributed by atoms with Gasteiger partial charge in [0.1, 0.15) is 0 Å². The Morgan fingerprint density at radius 2 is 1.52 bits per heavy atom. The van der Waals surface area contributed by atoms with Crippen LogP contribution in [0.2, 0.25) is 0 Å². The van der Waals surface area contributed by atoms with Crippen molar-refractivity contribution in [1.29, 1.82) is 0 Å². The maximum absolute atomic E-state index is 3.72. The van der Waals surface area contributed by atoms with Gasteiger partial charge in [-0.05, 0) is 62.8 Å². The second-order valence-electron chi connectivity index (χ2n) is 6.88. The molecule has 0 amide bonds. The van der Waals surface area contributed by atoms with E-state index in [2.05, 4.69) is 48.3 Å². The molecule has 1 nitrogen and oxygen atoms in total. The van der Waals surface area contributed by atoms with Crippen LogP contribution >= 0.6 is 11.8 Å². The number of rotatable bonds is 5. The van der Waals surface area contributed by atoms with E-state index < -0.39 is 0 Å². The van der Waals surface area contributed by atoms with E-state index in [1.54, 1.807) is 0 Å². The summed E-state index contributed by atoms with van der Waals surface area (Å²) >= 11 is 2.08. The van der Waals surface area contributed by atoms with Crippen LogP contribution in [0, 0.1) is 5.92 Å². The van der Waals surface area contributed by atoms with Crippen molar-refractivity contribution in [2.45, 2.75) is 80.9 Å². The van der Waals surface area contributed by atoms with Gasteiger partial charge in [0, 0.05) is 21.9 Å². The standard InChI is InChI=1S/C19H29NS/c1-15(16-7-3-2-4-8-16)20-17-11-13-19(14-12-17)21-18-9-5-6-10-18/h11-16,18,20H,2-10H2,1H3. The topological polar surface area (TPSA) is 12.0 Å². The van der Waals surface area contributed by atoms with Gasteiger partial charge < -0.3 is 5.32 Å². The van der Waals surface area contributed by atoms with Gasteiger partial charge in [0.15, 0.2) is 0 Å². The second kappa shape index (κ2) is 7.58. The van der Waals surface area contributed by atoms with Crippen LogP contribution in [-0.2, 0) is 0 Å². The first-order valence-electron chi connectivity index (χ1n) is 8.84. The van der Waals surface area contributed by atoms with Crippen LogP contribution in [-0.4, -0.2) is 11.3 Å². The normalized spacial score (nSPS) is 22.3. The van der Waals surface area contributed by atoms with Crippen LogP contribution in [0.15, 0.2) is 29.2 Å². The molecule has 0 bridgehead atoms. The molecule has 2 heteroatoms. The Morgan fingerprint density at radius 1 is 0.905 bits per heavy atom. The van der Waals surface area contributed by atoms with Crippen molar-refractivity contribution >= 4 is 17.4 Å². The molecular formula is C19H29NS. The Kier molecular flexibility index (Phi) is 5.51. The zero-order valence-electron chi connectivity index (χ0n) is 13.3. The van der Waals surface area contributed by atoms with Crippen molar-refractivity contribution in [2.75, 3.05) is 5.32 Å². The molecule has 0 heterocycles. The van der Waals surface area contributed by atoms with Crippen molar-refractivity contribution in [1.82, 2.24) is 0 Å². The molecule has 1 unspecified atom stereocenters. The molecule has 1 atom stereocenters. The van der Waals surface area contributed by atoms with Crippen LogP contribution in [0.3, 0.4) is 0 Å². The largest absolute Gasteiger partial charge is 0.382 e. The molecule has 0 radical (unpaired) electrons. The Bertz CT molecular complexity index is 416. The lowest BCUT2D eigenvalue weighted by molar-refractivity contribution is 0.328. The van der Waals surface area contributed by atoms with Crippen LogP contribution in [0.5, 0.6) is 0 Å². The number of thioether (sulfide) groups is 1. The minimum absolute atomic E-state index is 0.610. The summed E-state index contributed by atoms with van der Waals surface area (Å²) in [6.45, 7) is 2.36. The predicted molar refractivity (Wildman–Crippen MR) is 94.2 cm³/mol. The smallest absolute Gasteiger partial charge is 0.0343 e. The molecule has 116 valence electrons. The minimum Gasteiger partial charge on any atom is -0.382 e. The molecule has 1 aromatic carbocycles. The van der Waals surface area contributed by atoms with Crippen LogP contribution < -0.4 is 5.32 Å². The van der Waals surface area contributed by atoms with Gasteiger partial charge in [0.2, 0.25) is 0 Å². The van der Waals surface area contributed by atoms with Crippen molar-refractivity contribution in [3.8, 4) is 0 Å². The predicted octanol–water partition coefficient (Wildman–Crippen LogP) is 6.10. The highest BCUT2D eigenvalue weighted by molar-refractivity contribution is 8.00. The van der Waals surface area contributed by atoms with E-state index in [1.807, 2.05) is 0 Å². The van der Waals surface area contributed by atoms with Crippen molar-refractivity contribution in [2.24, 2.45) is 5.92 Å². The summed E-state index contributed by atoms with van der Waals surface area (Å²) in [5.41, 5.74) is 1.30. The molecule has 0 aliphatic heterocycles. The van der Waals surface area contributed by atoms with Crippen molar-refractivity contribution in [3.05, 3.63) is 24.3 Å². The quantitative estimate of drug-likeness (QED) is 0.705. The molecule has 1 aromatic rings. The number of hydrogen-bond acceptors (Lipinski definition) is 2. The zero-order chi connectivity index (χ0) is 14.5. The Morgan fingerprint density at radius 3 is 2.19 bits per heavy atom. The number of anilines is 1. The molecule has 0 spiro atoms. The monoisotopic (exact) mass is 303 g/mol. The lowest BCUT2D eigenvalue weighted by Crippen LogP contribution is -2.27. The summed E-state index contributed by atoms with van der Waals surface area (Å²) < 4.78 is 0. The fraction of sp³-hybridized carbons (Fsp3) is 0.684. The van der Waals surface area contributed by atoms with Gasteiger partial charge in [0.25, 0.3) is 0 Å². The third kappa shape index (κ3) is 4.42. The summed E-state index contributed by atoms with van der Waals surface area (Å²) in [6, 6.07) is 9.77. The van der Waals surface area contributed by atoms with Gasteiger partial charge in [-0.2, -0.15) is 0 Å². The maximum Gasteiger partial charge on any atom is 0.0343 e. The highest BCUT2D eigenvalue weighted by Crippen LogP contribution is 2.35. The molecule has 1 N–H and O–H groups in total. The van der Waals surface area contributed by atoms with Gasteiger partial charge in [0.05, 0.1) is 0 Å². The number of nitrogens with one attached hydrogen (secondary N) is 1. The lowest BCUT2D eigenvalue weighted by atomic mass is 9.84. The fourth-order valence-corrected chi connectivity index (χ4v) is 5.09. The van der Waals surface area contributed by atoms with E-state index in [0.29, 0.717) is 6.04 Å². The third-order valence-corrected chi connectivity index (χ3v) is 6.56. The Hall–Kier alpha value is -0.630. The molecule has 2 aliphatic carbocycles. The van der Waals surface area contributed by atoms with E-state index in [-0.39, 0.29) is 0 Å². The first kappa shape index (κ1) is 15.3. The molecule has 0 aromatic heterocycles. The summed E-state index contributed by atoms with van der Waals surface area (Å²) in [7, 11) is 0. The van der Waals surface area contributed by atoms with Crippen molar-refractivity contribution in [3.63, 3.8) is 0 Å². The third-order valence-electron chi connectivity index (χ3n) is 5.21. The van der Waals surface area contributed by atoms with Gasteiger partial charge in [-0.1, -0.05) is 32.1 Å². The van der Waals surface area contributed by atoms with E-state index in [9.17, 15) is 0 Å². The molecule has 0 saturated heterocycles. The number of hydrogen-bond donors (Lipinski definition) is 1. The van der Waals surface area contributed by atoms with Crippen LogP contribution in [0.1, 0.15) is 64.7 Å². The molecule has 21 heavy (non-hydrogen) atoms. The average Bonchev–Trinajstić information content (AvgIpc) is 3.03. The summed E-state index contributed by atoms with van der Waals surface area (Å²) in [5, 5.41) is 4.59. The fourth-order valence-electron chi connectivity index (χ4n) is 3.84. The highest BCUT2D eigenvalue weighted by atomic mass is 32.2. The summed E-state index contributed by atoms with van der Waals surface area (Å²) in [5.74, 6) is 0.867. The minimum atomic E-state index is 0.610. The van der Waals surface area contributed by atoms with Crippen molar-refractivity contribution < 1.29 is 0 Å².